The third-order valence-corrected chi connectivity index (χ3v) is 4.38. The predicted octanol–water partition coefficient (Wildman–Crippen LogP) is 2.27. The maximum Gasteiger partial charge on any atom is 0.312 e. The fraction of sp³-hybridized carbons (Fsp3) is 0.500. The van der Waals surface area contributed by atoms with E-state index in [0.717, 1.165) is 43.5 Å². The van der Waals surface area contributed by atoms with Gasteiger partial charge in [-0.15, -0.1) is 0 Å². The van der Waals surface area contributed by atoms with E-state index in [0.29, 0.717) is 12.2 Å². The average molecular weight is 315 g/mol. The molecule has 1 aromatic carbocycles. The van der Waals surface area contributed by atoms with E-state index in [-0.39, 0.29) is 5.97 Å². The van der Waals surface area contributed by atoms with Crippen LogP contribution in [0.2, 0.25) is 0 Å². The summed E-state index contributed by atoms with van der Waals surface area (Å²) in [6, 6.07) is 5.83. The molecule has 2 heterocycles. The van der Waals surface area contributed by atoms with Gasteiger partial charge in [-0.2, -0.15) is 0 Å². The highest BCUT2D eigenvalue weighted by atomic mass is 16.5. The van der Waals surface area contributed by atoms with E-state index in [4.69, 9.17) is 4.74 Å². The van der Waals surface area contributed by atoms with Gasteiger partial charge in [-0.3, -0.25) is 4.79 Å². The Morgan fingerprint density at radius 2 is 2.17 bits per heavy atom. The zero-order chi connectivity index (χ0) is 16.2. The number of hydrogen-bond donors (Lipinski definition) is 1. The van der Waals surface area contributed by atoms with Crippen molar-refractivity contribution < 1.29 is 9.53 Å². The van der Waals surface area contributed by atoms with Crippen molar-refractivity contribution in [1.29, 1.82) is 0 Å². The van der Waals surface area contributed by atoms with E-state index >= 15 is 0 Å². The van der Waals surface area contributed by atoms with Crippen LogP contribution in [-0.4, -0.2) is 61.0 Å². The van der Waals surface area contributed by atoms with Crippen LogP contribution < -0.4 is 4.74 Å². The second kappa shape index (κ2) is 7.15. The fourth-order valence-electron chi connectivity index (χ4n) is 2.87. The molecule has 5 heteroatoms. The molecule has 0 bridgehead atoms. The highest BCUT2D eigenvalue weighted by Gasteiger charge is 2.17. The minimum atomic E-state index is -0.149. The molecule has 0 unspecified atom stereocenters. The van der Waals surface area contributed by atoms with Gasteiger partial charge in [-0.1, -0.05) is 6.07 Å². The molecule has 1 aliphatic heterocycles. The number of aromatic nitrogens is 1. The molecule has 1 N–H and O–H groups in total. The lowest BCUT2D eigenvalue weighted by Crippen LogP contribution is -2.38. The number of aromatic amines is 1. The Morgan fingerprint density at radius 1 is 1.35 bits per heavy atom. The van der Waals surface area contributed by atoms with Crippen molar-refractivity contribution in [3.8, 4) is 5.75 Å². The van der Waals surface area contributed by atoms with Crippen LogP contribution >= 0.6 is 0 Å². The molecule has 0 radical (unpaired) electrons. The van der Waals surface area contributed by atoms with Gasteiger partial charge in [-0.05, 0) is 57.7 Å². The van der Waals surface area contributed by atoms with E-state index in [9.17, 15) is 4.79 Å². The lowest BCUT2D eigenvalue weighted by Gasteiger charge is -2.30. The number of carbonyl (C=O) groups excluding carboxylic acids is 1. The quantitative estimate of drug-likeness (QED) is 0.629. The van der Waals surface area contributed by atoms with Crippen LogP contribution in [0, 0.1) is 0 Å². The van der Waals surface area contributed by atoms with Gasteiger partial charge >= 0.3 is 5.97 Å². The van der Waals surface area contributed by atoms with Gasteiger partial charge in [0.1, 0.15) is 5.75 Å². The van der Waals surface area contributed by atoms with Crippen LogP contribution in [0.3, 0.4) is 0 Å². The van der Waals surface area contributed by atoms with Crippen LogP contribution in [0.4, 0.5) is 0 Å². The number of likely N-dealkylation sites (tertiary alicyclic amines) is 1. The number of nitrogens with zero attached hydrogens (tertiary/aromatic N) is 2. The summed E-state index contributed by atoms with van der Waals surface area (Å²) in [4.78, 5) is 19.8. The van der Waals surface area contributed by atoms with Crippen LogP contribution in [0.15, 0.2) is 24.4 Å². The normalized spacial score (nSPS) is 15.1. The molecule has 0 amide bonds. The van der Waals surface area contributed by atoms with E-state index < -0.39 is 0 Å². The molecule has 0 atom stereocenters. The minimum Gasteiger partial charge on any atom is -0.426 e. The highest BCUT2D eigenvalue weighted by molar-refractivity contribution is 5.91. The summed E-state index contributed by atoms with van der Waals surface area (Å²) in [6.07, 6.45) is 4.64. The van der Waals surface area contributed by atoms with Gasteiger partial charge in [0.25, 0.3) is 0 Å². The number of nitrogens with one attached hydrogen (secondary N) is 1. The number of ether oxygens (including phenoxy) is 1. The molecular formula is C18H25N3O2. The summed E-state index contributed by atoms with van der Waals surface area (Å²) in [6.45, 7) is 3.98. The molecule has 0 aliphatic carbocycles. The number of benzene rings is 1. The summed E-state index contributed by atoms with van der Waals surface area (Å²) in [5, 5.41) is 1.03. The van der Waals surface area contributed by atoms with Gasteiger partial charge in [0.15, 0.2) is 0 Å². The number of H-pyrrole nitrogens is 1. The first kappa shape index (κ1) is 16.0. The molecule has 1 aromatic heterocycles. The topological polar surface area (TPSA) is 48.6 Å². The molecule has 1 fully saturated rings. The number of carbonyl (C=O) groups is 1. The van der Waals surface area contributed by atoms with Crippen molar-refractivity contribution in [3.63, 3.8) is 0 Å². The lowest BCUT2D eigenvalue weighted by atomic mass is 10.1. The highest BCUT2D eigenvalue weighted by Crippen LogP contribution is 2.29. The smallest absolute Gasteiger partial charge is 0.312 e. The molecule has 124 valence electrons. The maximum atomic E-state index is 12.1. The first-order valence-electron chi connectivity index (χ1n) is 8.30. The predicted molar refractivity (Wildman–Crippen MR) is 91.9 cm³/mol. The van der Waals surface area contributed by atoms with Crippen molar-refractivity contribution in [2.75, 3.05) is 40.3 Å². The first-order chi connectivity index (χ1) is 11.1. The number of fused-ring (bicyclic) bond motifs is 1. The largest absolute Gasteiger partial charge is 0.426 e. The fourth-order valence-corrected chi connectivity index (χ4v) is 2.87. The van der Waals surface area contributed by atoms with Crippen LogP contribution in [0.5, 0.6) is 5.75 Å². The van der Waals surface area contributed by atoms with Gasteiger partial charge in [0, 0.05) is 30.2 Å². The zero-order valence-corrected chi connectivity index (χ0v) is 14.0. The Morgan fingerprint density at radius 3 is 2.87 bits per heavy atom. The monoisotopic (exact) mass is 315 g/mol. The summed E-state index contributed by atoms with van der Waals surface area (Å²) in [7, 11) is 4.12. The zero-order valence-electron chi connectivity index (χ0n) is 14.0. The molecular weight excluding hydrogens is 290 g/mol. The lowest BCUT2D eigenvalue weighted by molar-refractivity contribution is -0.134. The summed E-state index contributed by atoms with van der Waals surface area (Å²) in [5.74, 6) is 0.523. The van der Waals surface area contributed by atoms with Crippen molar-refractivity contribution in [2.45, 2.75) is 19.3 Å². The first-order valence-corrected chi connectivity index (χ1v) is 8.30. The Labute approximate surface area is 137 Å². The number of rotatable bonds is 7. The van der Waals surface area contributed by atoms with E-state index in [1.807, 2.05) is 24.4 Å². The maximum absolute atomic E-state index is 12.1. The Balaban J connectivity index is 1.71. The van der Waals surface area contributed by atoms with E-state index in [2.05, 4.69) is 28.9 Å². The van der Waals surface area contributed by atoms with E-state index in [1.165, 1.54) is 12.0 Å². The number of esters is 1. The van der Waals surface area contributed by atoms with Crippen molar-refractivity contribution in [1.82, 2.24) is 14.8 Å². The third kappa shape index (κ3) is 3.92. The van der Waals surface area contributed by atoms with Crippen LogP contribution in [-0.2, 0) is 11.2 Å². The summed E-state index contributed by atoms with van der Waals surface area (Å²) < 4.78 is 5.65. The average Bonchev–Trinajstić information content (AvgIpc) is 2.87. The number of hydrogen-bond acceptors (Lipinski definition) is 4. The molecule has 2 aromatic rings. The second-order valence-electron chi connectivity index (χ2n) is 6.47. The molecule has 3 rings (SSSR count). The van der Waals surface area contributed by atoms with Crippen molar-refractivity contribution in [3.05, 3.63) is 30.0 Å². The Hall–Kier alpha value is -1.85. The second-order valence-corrected chi connectivity index (χ2v) is 6.47. The van der Waals surface area contributed by atoms with E-state index in [1.54, 1.807) is 0 Å². The van der Waals surface area contributed by atoms with Crippen LogP contribution in [0.1, 0.15) is 18.4 Å². The van der Waals surface area contributed by atoms with Gasteiger partial charge in [-0.25, -0.2) is 0 Å². The van der Waals surface area contributed by atoms with Gasteiger partial charge in [0.05, 0.1) is 6.42 Å². The third-order valence-electron chi connectivity index (χ3n) is 4.38. The SMILES string of the molecule is CN(C)CCc1c[nH]c2cccc(OC(=O)CCN3CCC3)c12. The standard InChI is InChI=1S/C18H25N3O2/c1-20(2)11-7-14-13-19-15-5-3-6-16(18(14)15)23-17(22)8-12-21-9-4-10-21/h3,5-6,13,19H,4,7-12H2,1-2H3. The molecule has 0 saturated carbocycles. The molecule has 1 aliphatic rings. The Bertz CT molecular complexity index is 674. The summed E-state index contributed by atoms with van der Waals surface area (Å²) in [5.41, 5.74) is 2.21. The molecule has 5 nitrogen and oxygen atoms in total. The van der Waals surface area contributed by atoms with Gasteiger partial charge in [0.2, 0.25) is 0 Å². The molecule has 1 saturated heterocycles. The van der Waals surface area contributed by atoms with Crippen molar-refractivity contribution in [2.24, 2.45) is 0 Å². The Kier molecular flexibility index (Phi) is 4.98. The van der Waals surface area contributed by atoms with Crippen molar-refractivity contribution >= 4 is 16.9 Å². The summed E-state index contributed by atoms with van der Waals surface area (Å²) >= 11 is 0. The molecule has 23 heavy (non-hydrogen) atoms. The number of likely N-dealkylation sites (N-methyl/N-ethyl adjacent to an activating group) is 1. The minimum absolute atomic E-state index is 0.149. The molecule has 0 spiro atoms. The van der Waals surface area contributed by atoms with Gasteiger partial charge < -0.3 is 19.5 Å². The van der Waals surface area contributed by atoms with Crippen LogP contribution in [0.25, 0.3) is 10.9 Å².